The van der Waals surface area contributed by atoms with Crippen molar-refractivity contribution >= 4 is 17.5 Å². The van der Waals surface area contributed by atoms with Crippen molar-refractivity contribution in [1.29, 1.82) is 0 Å². The van der Waals surface area contributed by atoms with Crippen LogP contribution in [0.4, 0.5) is 5.69 Å². The van der Waals surface area contributed by atoms with Crippen molar-refractivity contribution < 1.29 is 14.3 Å². The third-order valence-electron chi connectivity index (χ3n) is 6.12. The van der Waals surface area contributed by atoms with E-state index in [-0.39, 0.29) is 17.9 Å². The number of nitrogens with one attached hydrogen (secondary N) is 3. The molecule has 0 saturated carbocycles. The van der Waals surface area contributed by atoms with Gasteiger partial charge in [0.2, 0.25) is 5.91 Å². The molecule has 2 aromatic rings. The maximum atomic E-state index is 12.9. The Bertz CT molecular complexity index is 951. The number of hydrogen-bond acceptors (Lipinski definition) is 7. The maximum Gasteiger partial charge on any atom is 0.259 e. The molecule has 0 spiro atoms. The lowest BCUT2D eigenvalue weighted by Crippen LogP contribution is -2.48. The molecule has 0 aliphatic carbocycles. The molecule has 3 N–H and O–H groups in total. The Labute approximate surface area is 187 Å². The van der Waals surface area contributed by atoms with Crippen LogP contribution in [0.1, 0.15) is 41.1 Å². The first-order chi connectivity index (χ1) is 15.5. The number of nitrogens with zero attached hydrogens (tertiary/aromatic N) is 3. The Hall–Kier alpha value is -3.04. The number of ether oxygens (including phenoxy) is 1. The molecule has 4 rings (SSSR count). The molecular formula is C23H30N6O3. The standard InChI is InChI=1S/C23H30N6O3/c1-15-24-14-19(22(30)27-17-3-5-18(32-2)6-4-17)21(26-15)13-16-8-11-29(12-9-16)23(31)20-7-10-25-28-20/h3-6,14,16,20,25,28H,7-13H2,1-2H3,(H,27,30). The van der Waals surface area contributed by atoms with E-state index in [4.69, 9.17) is 4.74 Å². The average Bonchev–Trinajstić information content (AvgIpc) is 3.35. The predicted octanol–water partition coefficient (Wildman–Crippen LogP) is 1.69. The fourth-order valence-corrected chi connectivity index (χ4v) is 4.26. The van der Waals surface area contributed by atoms with Crippen molar-refractivity contribution in [3.05, 3.63) is 47.5 Å². The van der Waals surface area contributed by atoms with Crippen molar-refractivity contribution in [2.24, 2.45) is 5.92 Å². The highest BCUT2D eigenvalue weighted by Gasteiger charge is 2.30. The second kappa shape index (κ2) is 10.1. The molecule has 170 valence electrons. The topological polar surface area (TPSA) is 108 Å². The van der Waals surface area contributed by atoms with Crippen molar-refractivity contribution in [1.82, 2.24) is 25.7 Å². The zero-order valence-corrected chi connectivity index (χ0v) is 18.6. The van der Waals surface area contributed by atoms with Gasteiger partial charge in [-0.05, 0) is 62.8 Å². The summed E-state index contributed by atoms with van der Waals surface area (Å²) in [4.78, 5) is 36.3. The number of rotatable bonds is 6. The number of anilines is 1. The van der Waals surface area contributed by atoms with E-state index < -0.39 is 0 Å². The molecule has 2 amide bonds. The Morgan fingerprint density at radius 3 is 2.59 bits per heavy atom. The molecule has 1 atom stereocenters. The third-order valence-corrected chi connectivity index (χ3v) is 6.12. The van der Waals surface area contributed by atoms with Crippen LogP contribution in [0.3, 0.4) is 0 Å². The van der Waals surface area contributed by atoms with Crippen LogP contribution in [0.2, 0.25) is 0 Å². The summed E-state index contributed by atoms with van der Waals surface area (Å²) in [7, 11) is 1.60. The first-order valence-corrected chi connectivity index (χ1v) is 11.1. The highest BCUT2D eigenvalue weighted by molar-refractivity contribution is 6.04. The largest absolute Gasteiger partial charge is 0.497 e. The molecular weight excluding hydrogens is 408 g/mol. The van der Waals surface area contributed by atoms with Gasteiger partial charge in [0.1, 0.15) is 17.6 Å². The minimum Gasteiger partial charge on any atom is -0.497 e. The number of aryl methyl sites for hydroxylation is 1. The summed E-state index contributed by atoms with van der Waals surface area (Å²) in [5.41, 5.74) is 8.01. The van der Waals surface area contributed by atoms with Gasteiger partial charge in [-0.15, -0.1) is 0 Å². The van der Waals surface area contributed by atoms with E-state index in [9.17, 15) is 9.59 Å². The molecule has 1 aromatic carbocycles. The number of aromatic nitrogens is 2. The average molecular weight is 439 g/mol. The number of amides is 2. The molecule has 0 radical (unpaired) electrons. The van der Waals surface area contributed by atoms with Crippen LogP contribution >= 0.6 is 0 Å². The van der Waals surface area contributed by atoms with Crippen molar-refractivity contribution in [2.75, 3.05) is 32.1 Å². The monoisotopic (exact) mass is 438 g/mol. The lowest BCUT2D eigenvalue weighted by Gasteiger charge is -2.33. The number of likely N-dealkylation sites (tertiary alicyclic amines) is 1. The number of piperidine rings is 1. The summed E-state index contributed by atoms with van der Waals surface area (Å²) in [6.45, 7) is 4.12. The minimum atomic E-state index is -0.224. The quantitative estimate of drug-likeness (QED) is 0.630. The summed E-state index contributed by atoms with van der Waals surface area (Å²) in [6, 6.07) is 7.08. The predicted molar refractivity (Wildman–Crippen MR) is 120 cm³/mol. The van der Waals surface area contributed by atoms with Crippen LogP contribution < -0.4 is 20.9 Å². The summed E-state index contributed by atoms with van der Waals surface area (Å²) in [5, 5.41) is 2.92. The van der Waals surface area contributed by atoms with Gasteiger partial charge < -0.3 is 15.0 Å². The minimum absolute atomic E-state index is 0.121. The lowest BCUT2D eigenvalue weighted by molar-refractivity contribution is -0.134. The molecule has 1 aromatic heterocycles. The Balaban J connectivity index is 1.39. The number of benzene rings is 1. The van der Waals surface area contributed by atoms with E-state index in [0.717, 1.165) is 50.3 Å². The Kier molecular flexibility index (Phi) is 6.96. The van der Waals surface area contributed by atoms with E-state index in [2.05, 4.69) is 26.1 Å². The maximum absolute atomic E-state index is 12.9. The van der Waals surface area contributed by atoms with Crippen molar-refractivity contribution in [3.63, 3.8) is 0 Å². The van der Waals surface area contributed by atoms with Crippen LogP contribution in [-0.2, 0) is 11.2 Å². The normalized spacial score (nSPS) is 19.1. The zero-order valence-electron chi connectivity index (χ0n) is 18.6. The summed E-state index contributed by atoms with van der Waals surface area (Å²) in [6.07, 6.45) is 4.92. The first kappa shape index (κ1) is 22.2. The number of hydrogen-bond donors (Lipinski definition) is 3. The third kappa shape index (κ3) is 5.23. The molecule has 9 nitrogen and oxygen atoms in total. The van der Waals surface area contributed by atoms with Gasteiger partial charge in [0, 0.05) is 31.5 Å². The second-order valence-corrected chi connectivity index (χ2v) is 8.35. The highest BCUT2D eigenvalue weighted by atomic mass is 16.5. The van der Waals surface area contributed by atoms with Gasteiger partial charge in [0.15, 0.2) is 0 Å². The van der Waals surface area contributed by atoms with Crippen LogP contribution in [0.5, 0.6) is 5.75 Å². The van der Waals surface area contributed by atoms with Gasteiger partial charge in [-0.1, -0.05) is 0 Å². The number of carbonyl (C=O) groups is 2. The molecule has 0 bridgehead atoms. The Morgan fingerprint density at radius 2 is 1.94 bits per heavy atom. The van der Waals surface area contributed by atoms with Gasteiger partial charge in [-0.2, -0.15) is 0 Å². The smallest absolute Gasteiger partial charge is 0.259 e. The number of hydrazine groups is 1. The van der Waals surface area contributed by atoms with Gasteiger partial charge in [-0.25, -0.2) is 15.4 Å². The summed E-state index contributed by atoms with van der Waals surface area (Å²) >= 11 is 0. The van der Waals surface area contributed by atoms with E-state index in [1.807, 2.05) is 11.8 Å². The molecule has 2 aliphatic heterocycles. The lowest BCUT2D eigenvalue weighted by atomic mass is 9.90. The molecule has 2 saturated heterocycles. The fourth-order valence-electron chi connectivity index (χ4n) is 4.26. The van der Waals surface area contributed by atoms with Gasteiger partial charge in [0.05, 0.1) is 18.4 Å². The summed E-state index contributed by atoms with van der Waals surface area (Å²) < 4.78 is 5.16. The molecule has 1 unspecified atom stereocenters. The fraction of sp³-hybridized carbons (Fsp3) is 0.478. The first-order valence-electron chi connectivity index (χ1n) is 11.1. The zero-order chi connectivity index (χ0) is 22.5. The highest BCUT2D eigenvalue weighted by Crippen LogP contribution is 2.24. The molecule has 9 heteroatoms. The van der Waals surface area contributed by atoms with Crippen LogP contribution in [0.15, 0.2) is 30.5 Å². The van der Waals surface area contributed by atoms with E-state index in [1.165, 1.54) is 0 Å². The van der Waals surface area contributed by atoms with Crippen LogP contribution in [0.25, 0.3) is 0 Å². The van der Waals surface area contributed by atoms with Gasteiger partial charge >= 0.3 is 0 Å². The van der Waals surface area contributed by atoms with E-state index >= 15 is 0 Å². The van der Waals surface area contributed by atoms with Crippen LogP contribution in [0, 0.1) is 12.8 Å². The van der Waals surface area contributed by atoms with Crippen molar-refractivity contribution in [2.45, 2.75) is 38.6 Å². The summed E-state index contributed by atoms with van der Waals surface area (Å²) in [5.74, 6) is 1.69. The SMILES string of the molecule is COc1ccc(NC(=O)c2cnc(C)nc2CC2CCN(C(=O)C3CCNN3)CC2)cc1. The molecule has 32 heavy (non-hydrogen) atoms. The van der Waals surface area contributed by atoms with Gasteiger partial charge in [-0.3, -0.25) is 15.0 Å². The van der Waals surface area contributed by atoms with Crippen molar-refractivity contribution in [3.8, 4) is 5.75 Å². The van der Waals surface area contributed by atoms with E-state index in [1.54, 1.807) is 37.6 Å². The Morgan fingerprint density at radius 1 is 1.19 bits per heavy atom. The van der Waals surface area contributed by atoms with Crippen LogP contribution in [-0.4, -0.2) is 59.5 Å². The van der Waals surface area contributed by atoms with Gasteiger partial charge in [0.25, 0.3) is 5.91 Å². The molecule has 2 fully saturated rings. The molecule has 3 heterocycles. The van der Waals surface area contributed by atoms with E-state index in [0.29, 0.717) is 29.4 Å². The molecule has 2 aliphatic rings. The number of carbonyl (C=O) groups excluding carboxylic acids is 2. The second-order valence-electron chi connectivity index (χ2n) is 8.35. The number of methoxy groups -OCH3 is 1.